The Hall–Kier alpha value is -1.86. The van der Waals surface area contributed by atoms with Crippen molar-refractivity contribution >= 4 is 5.97 Å². The molecule has 0 fully saturated rings. The molecule has 1 rings (SSSR count). The molecule has 0 atom stereocenters. The molecule has 0 unspecified atom stereocenters. The lowest BCUT2D eigenvalue weighted by Crippen LogP contribution is -2.20. The van der Waals surface area contributed by atoms with Crippen LogP contribution in [0.1, 0.15) is 10.5 Å². The molecule has 88 valence electrons. The van der Waals surface area contributed by atoms with E-state index < -0.39 is 24.8 Å². The number of esters is 1. The molecule has 0 aliphatic rings. The van der Waals surface area contributed by atoms with Gasteiger partial charge in [-0.15, -0.1) is 0 Å². The molecule has 8 heteroatoms. The summed E-state index contributed by atoms with van der Waals surface area (Å²) in [6, 6.07) is 0.673. The molecule has 0 bridgehead atoms. The highest BCUT2D eigenvalue weighted by Gasteiger charge is 2.29. The molecule has 0 aliphatic carbocycles. The lowest BCUT2D eigenvalue weighted by Gasteiger charge is -2.07. The Morgan fingerprint density at radius 1 is 1.50 bits per heavy atom. The molecular formula is C8H7F3N2O3. The molecule has 0 aliphatic heterocycles. The van der Waals surface area contributed by atoms with Crippen LogP contribution in [0.15, 0.2) is 12.3 Å². The van der Waals surface area contributed by atoms with Gasteiger partial charge in [-0.25, -0.2) is 9.78 Å². The monoisotopic (exact) mass is 236 g/mol. The van der Waals surface area contributed by atoms with Crippen molar-refractivity contribution in [3.63, 3.8) is 0 Å². The van der Waals surface area contributed by atoms with Gasteiger partial charge in [-0.3, -0.25) is 0 Å². The Kier molecular flexibility index (Phi) is 3.64. The smallest absolute Gasteiger partial charge is 0.422 e. The number of carbonyl (C=O) groups is 1. The highest BCUT2D eigenvalue weighted by Crippen LogP contribution is 2.15. The van der Waals surface area contributed by atoms with E-state index in [4.69, 9.17) is 0 Å². The first-order chi connectivity index (χ1) is 7.42. The molecule has 0 saturated heterocycles. The highest BCUT2D eigenvalue weighted by atomic mass is 19.4. The van der Waals surface area contributed by atoms with Crippen LogP contribution in [-0.2, 0) is 4.74 Å². The molecule has 1 heterocycles. The lowest BCUT2D eigenvalue weighted by molar-refractivity contribution is -0.154. The van der Waals surface area contributed by atoms with Crippen molar-refractivity contribution in [2.24, 2.45) is 0 Å². The van der Waals surface area contributed by atoms with Crippen LogP contribution in [0.2, 0.25) is 0 Å². The maximum atomic E-state index is 11.8. The zero-order valence-electron chi connectivity index (χ0n) is 8.11. The molecule has 1 aromatic heterocycles. The summed E-state index contributed by atoms with van der Waals surface area (Å²) in [7, 11) is 1.13. The van der Waals surface area contributed by atoms with Crippen LogP contribution in [0.25, 0.3) is 0 Å². The number of methoxy groups -OCH3 is 1. The number of hydrogen-bond donors (Lipinski definition) is 0. The lowest BCUT2D eigenvalue weighted by atomic mass is 10.4. The molecule has 16 heavy (non-hydrogen) atoms. The number of aromatic nitrogens is 2. The quantitative estimate of drug-likeness (QED) is 0.738. The number of hydrogen-bond acceptors (Lipinski definition) is 5. The second-order valence-corrected chi connectivity index (χ2v) is 2.62. The summed E-state index contributed by atoms with van der Waals surface area (Å²) in [6.45, 7) is -1.52. The maximum Gasteiger partial charge on any atom is 0.422 e. The van der Waals surface area contributed by atoms with Gasteiger partial charge in [0.25, 0.3) is 0 Å². The Morgan fingerprint density at radius 3 is 2.75 bits per heavy atom. The van der Waals surface area contributed by atoms with Gasteiger partial charge in [-0.1, -0.05) is 0 Å². The van der Waals surface area contributed by atoms with Crippen LogP contribution < -0.4 is 4.74 Å². The predicted molar refractivity (Wildman–Crippen MR) is 44.9 cm³/mol. The molecule has 0 saturated carbocycles. The molecule has 0 N–H and O–H groups in total. The average molecular weight is 236 g/mol. The molecule has 0 radical (unpaired) electrons. The average Bonchev–Trinajstić information content (AvgIpc) is 2.25. The van der Waals surface area contributed by atoms with Gasteiger partial charge in [0.05, 0.1) is 7.11 Å². The Morgan fingerprint density at radius 2 is 2.19 bits per heavy atom. The van der Waals surface area contributed by atoms with E-state index in [1.54, 1.807) is 0 Å². The van der Waals surface area contributed by atoms with Crippen molar-refractivity contribution in [2.45, 2.75) is 6.18 Å². The van der Waals surface area contributed by atoms with Crippen LogP contribution in [0.3, 0.4) is 0 Å². The van der Waals surface area contributed by atoms with Crippen molar-refractivity contribution < 1.29 is 27.4 Å². The summed E-state index contributed by atoms with van der Waals surface area (Å²) in [5.74, 6) is -0.778. The fourth-order valence-electron chi connectivity index (χ4n) is 0.775. The van der Waals surface area contributed by atoms with Crippen molar-refractivity contribution in [3.05, 3.63) is 18.0 Å². The minimum Gasteiger partial charge on any atom is -0.464 e. The molecule has 5 nitrogen and oxygen atoms in total. The molecular weight excluding hydrogens is 229 g/mol. The Balaban J connectivity index is 2.71. The first-order valence-electron chi connectivity index (χ1n) is 4.03. The number of rotatable bonds is 3. The van der Waals surface area contributed by atoms with E-state index >= 15 is 0 Å². The van der Waals surface area contributed by atoms with E-state index in [0.29, 0.717) is 0 Å². The summed E-state index contributed by atoms with van der Waals surface area (Å²) in [5, 5.41) is 0. The van der Waals surface area contributed by atoms with Crippen LogP contribution in [0.4, 0.5) is 13.2 Å². The van der Waals surface area contributed by atoms with E-state index in [2.05, 4.69) is 19.4 Å². The predicted octanol–water partition coefficient (Wildman–Crippen LogP) is 1.20. The third-order valence-electron chi connectivity index (χ3n) is 1.39. The van der Waals surface area contributed by atoms with E-state index in [0.717, 1.165) is 13.3 Å². The van der Waals surface area contributed by atoms with Gasteiger partial charge in [-0.05, 0) is 6.07 Å². The van der Waals surface area contributed by atoms with E-state index in [1.807, 2.05) is 0 Å². The summed E-state index contributed by atoms with van der Waals surface area (Å²) in [6.07, 6.45) is -3.38. The number of carbonyl (C=O) groups excluding carboxylic acids is 1. The third kappa shape index (κ3) is 3.71. The normalized spacial score (nSPS) is 11.0. The highest BCUT2D eigenvalue weighted by molar-refractivity contribution is 5.86. The van der Waals surface area contributed by atoms with Gasteiger partial charge in [0.15, 0.2) is 12.3 Å². The SMILES string of the molecule is COC(=O)c1ccnc(OCC(F)(F)F)n1. The number of ether oxygens (including phenoxy) is 2. The second kappa shape index (κ2) is 4.77. The van der Waals surface area contributed by atoms with Gasteiger partial charge < -0.3 is 9.47 Å². The molecule has 0 spiro atoms. The Labute approximate surface area is 88.2 Å². The van der Waals surface area contributed by atoms with Crippen molar-refractivity contribution in [1.82, 2.24) is 9.97 Å². The minimum absolute atomic E-state index is 0.172. The van der Waals surface area contributed by atoms with Gasteiger partial charge in [-0.2, -0.15) is 18.2 Å². The zero-order valence-corrected chi connectivity index (χ0v) is 8.11. The number of nitrogens with zero attached hydrogens (tertiary/aromatic N) is 2. The number of halogens is 3. The van der Waals surface area contributed by atoms with Crippen LogP contribution >= 0.6 is 0 Å². The topological polar surface area (TPSA) is 61.3 Å². The van der Waals surface area contributed by atoms with Crippen LogP contribution in [0, 0.1) is 0 Å². The second-order valence-electron chi connectivity index (χ2n) is 2.62. The van der Waals surface area contributed by atoms with E-state index in [9.17, 15) is 18.0 Å². The van der Waals surface area contributed by atoms with E-state index in [1.165, 1.54) is 6.07 Å². The third-order valence-corrected chi connectivity index (χ3v) is 1.39. The molecule has 1 aromatic rings. The van der Waals surface area contributed by atoms with Crippen molar-refractivity contribution in [2.75, 3.05) is 13.7 Å². The van der Waals surface area contributed by atoms with Gasteiger partial charge in [0, 0.05) is 6.20 Å². The first kappa shape index (κ1) is 12.2. The minimum atomic E-state index is -4.48. The fourth-order valence-corrected chi connectivity index (χ4v) is 0.775. The Bertz CT molecular complexity index is 381. The maximum absolute atomic E-state index is 11.8. The van der Waals surface area contributed by atoms with Gasteiger partial charge in [0.1, 0.15) is 0 Å². The summed E-state index contributed by atoms with van der Waals surface area (Å²) >= 11 is 0. The summed E-state index contributed by atoms with van der Waals surface area (Å²) < 4.78 is 44.0. The van der Waals surface area contributed by atoms with Crippen LogP contribution in [0.5, 0.6) is 6.01 Å². The van der Waals surface area contributed by atoms with Gasteiger partial charge in [0.2, 0.25) is 0 Å². The number of alkyl halides is 3. The molecule has 0 amide bonds. The first-order valence-corrected chi connectivity index (χ1v) is 4.03. The molecule has 0 aromatic carbocycles. The standard InChI is InChI=1S/C8H7F3N2O3/c1-15-6(14)5-2-3-12-7(13-5)16-4-8(9,10)11/h2-3H,4H2,1H3. The largest absolute Gasteiger partial charge is 0.464 e. The van der Waals surface area contributed by atoms with Gasteiger partial charge >= 0.3 is 18.2 Å². The fraction of sp³-hybridized carbons (Fsp3) is 0.375. The van der Waals surface area contributed by atoms with Crippen molar-refractivity contribution in [3.8, 4) is 6.01 Å². The zero-order chi connectivity index (χ0) is 12.2. The van der Waals surface area contributed by atoms with Crippen LogP contribution in [-0.4, -0.2) is 35.8 Å². The summed E-state index contributed by atoms with van der Waals surface area (Å²) in [4.78, 5) is 17.8. The van der Waals surface area contributed by atoms with E-state index in [-0.39, 0.29) is 5.69 Å². The summed E-state index contributed by atoms with van der Waals surface area (Å²) in [5.41, 5.74) is -0.172. The van der Waals surface area contributed by atoms with Crippen molar-refractivity contribution in [1.29, 1.82) is 0 Å².